The number of carboxylic acid groups (broad SMARTS) is 2. The topological polar surface area (TPSA) is 208 Å². The summed E-state index contributed by atoms with van der Waals surface area (Å²) in [6, 6.07) is 10.6. The second-order valence-corrected chi connectivity index (χ2v) is 9.00. The molecule has 2 N–H and O–H groups in total. The zero-order valence-electron chi connectivity index (χ0n) is 23.8. The van der Waals surface area contributed by atoms with Gasteiger partial charge in [0.25, 0.3) is 5.69 Å². The smallest absolute Gasteiger partial charge is 0.306 e. The highest BCUT2D eigenvalue weighted by Crippen LogP contribution is 2.33. The van der Waals surface area contributed by atoms with Gasteiger partial charge in [-0.3, -0.25) is 29.3 Å². The number of benzene rings is 2. The first-order valence-corrected chi connectivity index (χ1v) is 13.4. The fourth-order valence-corrected chi connectivity index (χ4v) is 3.48. The number of carbonyl (C=O) groups excluding carboxylic acids is 2. The number of carbonyl (C=O) groups is 4. The average Bonchev–Trinajstić information content (AvgIpc) is 2.99. The highest BCUT2D eigenvalue weighted by Gasteiger charge is 2.14. The van der Waals surface area contributed by atoms with Crippen LogP contribution in [0.25, 0.3) is 0 Å². The third-order valence-corrected chi connectivity index (χ3v) is 5.70. The molecule has 2 aromatic rings. The number of nitrogens with zero attached hydrogens (tertiary/aromatic N) is 4. The predicted molar refractivity (Wildman–Crippen MR) is 155 cm³/mol. The summed E-state index contributed by atoms with van der Waals surface area (Å²) < 4.78 is 15.9. The maximum Gasteiger partial charge on any atom is 0.306 e. The summed E-state index contributed by atoms with van der Waals surface area (Å²) >= 11 is 0. The number of non-ortho nitro benzene ring substituents is 1. The first-order valence-electron chi connectivity index (χ1n) is 13.4. The summed E-state index contributed by atoms with van der Waals surface area (Å²) in [5, 5.41) is 37.0. The molecule has 2 aromatic carbocycles. The number of rotatable bonds is 20. The molecule has 0 aliphatic rings. The Kier molecular flexibility index (Phi) is 14.8. The molecule has 0 heterocycles. The number of hydrogen-bond acceptors (Lipinski definition) is 12. The van der Waals surface area contributed by atoms with Gasteiger partial charge in [-0.2, -0.15) is 5.11 Å². The number of anilines is 1. The van der Waals surface area contributed by atoms with Crippen molar-refractivity contribution in [3.8, 4) is 18.1 Å². The Labute approximate surface area is 252 Å². The lowest BCUT2D eigenvalue weighted by atomic mass is 10.2. The molecule has 234 valence electrons. The number of nitro groups is 1. The number of unbranched alkanes of at least 4 members (excludes halogenated alkanes) is 1. The van der Waals surface area contributed by atoms with E-state index in [4.69, 9.17) is 30.8 Å². The van der Waals surface area contributed by atoms with Crippen molar-refractivity contribution >= 4 is 46.6 Å². The van der Waals surface area contributed by atoms with Gasteiger partial charge in [-0.1, -0.05) is 0 Å². The van der Waals surface area contributed by atoms with E-state index < -0.39 is 28.8 Å². The minimum absolute atomic E-state index is 0.0723. The molecular weight excluding hydrogens is 580 g/mol. The minimum atomic E-state index is -1.12. The molecule has 0 aliphatic carbocycles. The molecule has 0 atom stereocenters. The van der Waals surface area contributed by atoms with Crippen molar-refractivity contribution in [1.29, 1.82) is 0 Å². The molecule has 0 saturated heterocycles. The largest absolute Gasteiger partial charge is 0.491 e. The molecule has 0 saturated carbocycles. The van der Waals surface area contributed by atoms with Crippen LogP contribution in [0.1, 0.15) is 38.5 Å². The Hall–Kier alpha value is -5.52. The Bertz CT molecular complexity index is 1330. The zero-order valence-corrected chi connectivity index (χ0v) is 23.8. The number of nitro benzene ring substituents is 1. The molecule has 15 nitrogen and oxygen atoms in total. The second kappa shape index (κ2) is 18.8. The summed E-state index contributed by atoms with van der Waals surface area (Å²) in [5.41, 5.74) is 1.18. The van der Waals surface area contributed by atoms with Crippen LogP contribution in [-0.2, 0) is 28.7 Å². The van der Waals surface area contributed by atoms with Crippen LogP contribution in [0, 0.1) is 22.5 Å². The Morgan fingerprint density at radius 1 is 0.864 bits per heavy atom. The number of hydrogen-bond donors (Lipinski definition) is 2. The van der Waals surface area contributed by atoms with Crippen molar-refractivity contribution < 1.29 is 48.5 Å². The summed E-state index contributed by atoms with van der Waals surface area (Å²) in [6.45, 7) is 0.446. The molecule has 44 heavy (non-hydrogen) atoms. The molecule has 2 rings (SSSR count). The number of ether oxygens (including phenoxy) is 3. The molecule has 0 unspecified atom stereocenters. The highest BCUT2D eigenvalue weighted by atomic mass is 16.6. The van der Waals surface area contributed by atoms with Crippen LogP contribution in [-0.4, -0.2) is 71.9 Å². The monoisotopic (exact) mass is 612 g/mol. The van der Waals surface area contributed by atoms with Crippen LogP contribution in [0.2, 0.25) is 0 Å². The van der Waals surface area contributed by atoms with E-state index >= 15 is 0 Å². The van der Waals surface area contributed by atoms with Gasteiger partial charge in [0.2, 0.25) is 0 Å². The van der Waals surface area contributed by atoms with Crippen molar-refractivity contribution in [2.24, 2.45) is 10.2 Å². The summed E-state index contributed by atoms with van der Waals surface area (Å²) in [4.78, 5) is 57.3. The first-order chi connectivity index (χ1) is 21.1. The van der Waals surface area contributed by atoms with Gasteiger partial charge in [0.15, 0.2) is 5.75 Å². The fraction of sp³-hybridized carbons (Fsp3) is 0.379. The number of esters is 2. The maximum atomic E-state index is 11.8. The van der Waals surface area contributed by atoms with Gasteiger partial charge >= 0.3 is 23.9 Å². The van der Waals surface area contributed by atoms with E-state index in [1.807, 2.05) is 0 Å². The standard InChI is InChI=1S/C29H32N4O11/c1-2-3-4-17-42-25-20-23(33(40)41)9-10-24(25)31-30-21-5-7-22(8-6-21)32(15-18-43-28(38)13-11-26(34)35)16-19-44-29(39)14-12-27(36)37/h1,5-10,20H,3-4,11-19H2,(H,34,35)(H,36,37). The Morgan fingerprint density at radius 3 is 1.98 bits per heavy atom. The van der Waals surface area contributed by atoms with Crippen LogP contribution in [0.5, 0.6) is 5.75 Å². The van der Waals surface area contributed by atoms with E-state index in [-0.39, 0.29) is 75.7 Å². The van der Waals surface area contributed by atoms with Crippen molar-refractivity contribution in [2.45, 2.75) is 38.5 Å². The second-order valence-electron chi connectivity index (χ2n) is 9.00. The highest BCUT2D eigenvalue weighted by molar-refractivity contribution is 5.77. The third-order valence-electron chi connectivity index (χ3n) is 5.70. The van der Waals surface area contributed by atoms with E-state index in [0.29, 0.717) is 24.2 Å². The van der Waals surface area contributed by atoms with Crippen LogP contribution < -0.4 is 9.64 Å². The SMILES string of the molecule is C#CCCCOc1cc([N+](=O)[O-])ccc1N=Nc1ccc(N(CCOC(=O)CCC(=O)O)CCOC(=O)CCC(=O)O)cc1. The Morgan fingerprint density at radius 2 is 1.45 bits per heavy atom. The lowest BCUT2D eigenvalue weighted by Gasteiger charge is -2.24. The van der Waals surface area contributed by atoms with Crippen LogP contribution in [0.3, 0.4) is 0 Å². The van der Waals surface area contributed by atoms with E-state index in [9.17, 15) is 29.3 Å². The van der Waals surface area contributed by atoms with Crippen molar-refractivity contribution in [2.75, 3.05) is 37.8 Å². The van der Waals surface area contributed by atoms with E-state index in [1.165, 1.54) is 18.2 Å². The molecule has 0 bridgehead atoms. The molecule has 0 radical (unpaired) electrons. The van der Waals surface area contributed by atoms with Gasteiger partial charge in [-0.05, 0) is 36.8 Å². The summed E-state index contributed by atoms with van der Waals surface area (Å²) in [6.07, 6.45) is 5.02. The molecular formula is C29H32N4O11. The third kappa shape index (κ3) is 13.4. The fourth-order valence-electron chi connectivity index (χ4n) is 3.48. The minimum Gasteiger partial charge on any atom is -0.491 e. The molecule has 0 aromatic heterocycles. The molecule has 0 fully saturated rings. The summed E-state index contributed by atoms with van der Waals surface area (Å²) in [7, 11) is 0. The van der Waals surface area contributed by atoms with Crippen LogP contribution in [0.15, 0.2) is 52.7 Å². The van der Waals surface area contributed by atoms with Gasteiger partial charge in [-0.25, -0.2) is 0 Å². The van der Waals surface area contributed by atoms with E-state index in [1.54, 1.807) is 29.2 Å². The van der Waals surface area contributed by atoms with Crippen LogP contribution in [0.4, 0.5) is 22.7 Å². The molecule has 0 aliphatic heterocycles. The number of azo groups is 1. The van der Waals surface area contributed by atoms with Gasteiger partial charge < -0.3 is 29.3 Å². The first kappa shape index (κ1) is 34.7. The van der Waals surface area contributed by atoms with Gasteiger partial charge in [0, 0.05) is 18.2 Å². The average molecular weight is 613 g/mol. The lowest BCUT2D eigenvalue weighted by molar-refractivity contribution is -0.384. The lowest BCUT2D eigenvalue weighted by Crippen LogP contribution is -2.32. The number of carboxylic acids is 2. The predicted octanol–water partition coefficient (Wildman–Crippen LogP) is 4.42. The van der Waals surface area contributed by atoms with E-state index in [2.05, 4.69) is 16.1 Å². The quantitative estimate of drug-likeness (QED) is 0.0532. The van der Waals surface area contributed by atoms with Crippen LogP contribution >= 0.6 is 0 Å². The normalized spacial score (nSPS) is 10.5. The Balaban J connectivity index is 2.12. The maximum absolute atomic E-state index is 11.8. The number of aliphatic carboxylic acids is 2. The van der Waals surface area contributed by atoms with Crippen molar-refractivity contribution in [3.63, 3.8) is 0 Å². The van der Waals surface area contributed by atoms with Gasteiger partial charge in [0.05, 0.1) is 62.1 Å². The van der Waals surface area contributed by atoms with Crippen molar-refractivity contribution in [3.05, 3.63) is 52.6 Å². The van der Waals surface area contributed by atoms with Gasteiger partial charge in [0.1, 0.15) is 18.9 Å². The zero-order chi connectivity index (χ0) is 32.3. The van der Waals surface area contributed by atoms with Crippen molar-refractivity contribution in [1.82, 2.24) is 0 Å². The summed E-state index contributed by atoms with van der Waals surface area (Å²) in [5.74, 6) is -0.920. The van der Waals surface area contributed by atoms with E-state index in [0.717, 1.165) is 0 Å². The molecule has 15 heteroatoms. The molecule has 0 amide bonds. The number of terminal acetylenes is 1. The molecule has 0 spiro atoms. The van der Waals surface area contributed by atoms with Gasteiger partial charge in [-0.15, -0.1) is 17.5 Å².